The van der Waals surface area contributed by atoms with Crippen LogP contribution in [-0.2, 0) is 16.0 Å². The van der Waals surface area contributed by atoms with Gasteiger partial charge in [0.2, 0.25) is 11.8 Å². The largest absolute Gasteiger partial charge is 0.369 e. The summed E-state index contributed by atoms with van der Waals surface area (Å²) in [5, 5.41) is 2.07. The number of primary amides is 1. The van der Waals surface area contributed by atoms with Crippen molar-refractivity contribution in [2.24, 2.45) is 17.1 Å². The lowest BCUT2D eigenvalue weighted by atomic mass is 9.72. The Balaban J connectivity index is 1.47. The molecule has 1 saturated heterocycles. The number of carbonyl (C=O) groups is 2. The van der Waals surface area contributed by atoms with E-state index in [2.05, 4.69) is 35.7 Å². The van der Waals surface area contributed by atoms with Gasteiger partial charge in [-0.3, -0.25) is 9.59 Å². The summed E-state index contributed by atoms with van der Waals surface area (Å²) in [6.07, 6.45) is 8.96. The first-order valence-corrected chi connectivity index (χ1v) is 11.3. The quantitative estimate of drug-likeness (QED) is 0.720. The maximum absolute atomic E-state index is 12.7. The highest BCUT2D eigenvalue weighted by atomic mass is 32.1. The maximum atomic E-state index is 12.7. The molecule has 1 aromatic heterocycles. The van der Waals surface area contributed by atoms with E-state index in [1.165, 1.54) is 10.4 Å². The second-order valence-corrected chi connectivity index (χ2v) is 9.25. The van der Waals surface area contributed by atoms with Crippen molar-refractivity contribution >= 4 is 23.2 Å². The third kappa shape index (κ3) is 4.30. The number of amides is 2. The Morgan fingerprint density at radius 3 is 2.59 bits per heavy atom. The van der Waals surface area contributed by atoms with Gasteiger partial charge in [0.25, 0.3) is 0 Å². The number of allylic oxidation sites excluding steroid dienone is 2. The molecule has 152 valence electrons. The number of benzene rings is 1. The number of carbonyl (C=O) groups excluding carboxylic acids is 2. The topological polar surface area (TPSA) is 63.4 Å². The molecular weight excluding hydrogens is 380 g/mol. The predicted molar refractivity (Wildman–Crippen MR) is 117 cm³/mol. The Hall–Kier alpha value is -2.40. The Kier molecular flexibility index (Phi) is 5.86. The van der Waals surface area contributed by atoms with Gasteiger partial charge in [0, 0.05) is 24.4 Å². The molecule has 0 saturated carbocycles. The fourth-order valence-electron chi connectivity index (χ4n) is 4.62. The van der Waals surface area contributed by atoms with Crippen molar-refractivity contribution in [3.63, 3.8) is 0 Å². The fraction of sp³-hybridized carbons (Fsp3) is 0.417. The zero-order valence-corrected chi connectivity index (χ0v) is 17.5. The standard InChI is InChI=1S/C24H28N2O2S/c25-23(28)24(17-19-8-3-4-9-20(19)21-10-5-15-29-21)11-13-26(14-12-24)22(27)16-18-6-1-2-7-18/h1,3-6,8-10,15,18H,2,7,11-14,16-17H2,(H2,25,28). The van der Waals surface area contributed by atoms with Crippen molar-refractivity contribution in [2.75, 3.05) is 13.1 Å². The van der Waals surface area contributed by atoms with Crippen LogP contribution in [0.15, 0.2) is 53.9 Å². The summed E-state index contributed by atoms with van der Waals surface area (Å²) >= 11 is 1.70. The monoisotopic (exact) mass is 408 g/mol. The SMILES string of the molecule is NC(=O)C1(Cc2ccccc2-c2cccs2)CCN(C(=O)CC2C=CCC2)CC1. The first kappa shape index (κ1) is 19.9. The van der Waals surface area contributed by atoms with Gasteiger partial charge in [-0.05, 0) is 60.6 Å². The van der Waals surface area contributed by atoms with Crippen LogP contribution < -0.4 is 5.73 Å². The van der Waals surface area contributed by atoms with Crippen LogP contribution in [0.3, 0.4) is 0 Å². The fourth-order valence-corrected chi connectivity index (χ4v) is 5.41. The molecule has 0 radical (unpaired) electrons. The number of piperidine rings is 1. The van der Waals surface area contributed by atoms with Crippen LogP contribution in [0, 0.1) is 11.3 Å². The number of rotatable bonds is 6. The van der Waals surface area contributed by atoms with E-state index in [9.17, 15) is 9.59 Å². The van der Waals surface area contributed by atoms with Crippen LogP contribution in [0.4, 0.5) is 0 Å². The van der Waals surface area contributed by atoms with Crippen LogP contribution in [0.5, 0.6) is 0 Å². The zero-order chi connectivity index (χ0) is 20.3. The molecule has 1 aliphatic heterocycles. The van der Waals surface area contributed by atoms with Gasteiger partial charge in [-0.25, -0.2) is 0 Å². The molecule has 1 unspecified atom stereocenters. The lowest BCUT2D eigenvalue weighted by Crippen LogP contribution is -2.50. The van der Waals surface area contributed by atoms with Crippen LogP contribution in [0.2, 0.25) is 0 Å². The van der Waals surface area contributed by atoms with Crippen LogP contribution in [0.25, 0.3) is 10.4 Å². The lowest BCUT2D eigenvalue weighted by Gasteiger charge is -2.40. The smallest absolute Gasteiger partial charge is 0.224 e. The minimum Gasteiger partial charge on any atom is -0.369 e. The minimum atomic E-state index is -0.586. The number of hydrogen-bond donors (Lipinski definition) is 1. The van der Waals surface area contributed by atoms with Gasteiger partial charge < -0.3 is 10.6 Å². The van der Waals surface area contributed by atoms with E-state index >= 15 is 0 Å². The van der Waals surface area contributed by atoms with Crippen LogP contribution >= 0.6 is 11.3 Å². The number of nitrogens with two attached hydrogens (primary N) is 1. The van der Waals surface area contributed by atoms with E-state index in [1.54, 1.807) is 11.3 Å². The highest BCUT2D eigenvalue weighted by molar-refractivity contribution is 7.13. The molecule has 2 N–H and O–H groups in total. The van der Waals surface area contributed by atoms with Crippen molar-refractivity contribution < 1.29 is 9.59 Å². The highest BCUT2D eigenvalue weighted by Gasteiger charge is 2.41. The molecular formula is C24H28N2O2S. The van der Waals surface area contributed by atoms with E-state index in [0.29, 0.717) is 44.7 Å². The van der Waals surface area contributed by atoms with Gasteiger partial charge in [0.15, 0.2) is 0 Å². The number of thiophene rings is 1. The summed E-state index contributed by atoms with van der Waals surface area (Å²) in [6.45, 7) is 1.22. The third-order valence-electron chi connectivity index (χ3n) is 6.48. The molecule has 2 amide bonds. The molecule has 0 bridgehead atoms. The highest BCUT2D eigenvalue weighted by Crippen LogP contribution is 2.39. The Bertz CT molecular complexity index is 895. The molecule has 4 rings (SSSR count). The lowest BCUT2D eigenvalue weighted by molar-refractivity contribution is -0.139. The maximum Gasteiger partial charge on any atom is 0.224 e. The molecule has 1 atom stereocenters. The van der Waals surface area contributed by atoms with E-state index in [1.807, 2.05) is 23.1 Å². The molecule has 1 fully saturated rings. The molecule has 1 aliphatic carbocycles. The van der Waals surface area contributed by atoms with Crippen LogP contribution in [0.1, 0.15) is 37.7 Å². The summed E-state index contributed by atoms with van der Waals surface area (Å²) in [4.78, 5) is 28.4. The summed E-state index contributed by atoms with van der Waals surface area (Å²) < 4.78 is 0. The van der Waals surface area contributed by atoms with E-state index < -0.39 is 5.41 Å². The number of likely N-dealkylation sites (tertiary alicyclic amines) is 1. The Labute approximate surface area is 176 Å². The summed E-state index contributed by atoms with van der Waals surface area (Å²) in [5.74, 6) is 0.339. The molecule has 1 aromatic carbocycles. The van der Waals surface area contributed by atoms with E-state index in [4.69, 9.17) is 5.73 Å². The Morgan fingerprint density at radius 1 is 1.14 bits per heavy atom. The van der Waals surface area contributed by atoms with Crippen molar-refractivity contribution in [2.45, 2.75) is 38.5 Å². The van der Waals surface area contributed by atoms with Crippen molar-refractivity contribution in [3.8, 4) is 10.4 Å². The predicted octanol–water partition coefficient (Wildman–Crippen LogP) is 4.41. The molecule has 2 aromatic rings. The van der Waals surface area contributed by atoms with Gasteiger partial charge in [0.1, 0.15) is 0 Å². The first-order valence-electron chi connectivity index (χ1n) is 10.4. The summed E-state index contributed by atoms with van der Waals surface area (Å²) in [6, 6.07) is 12.4. The van der Waals surface area contributed by atoms with Crippen molar-refractivity contribution in [1.82, 2.24) is 4.90 Å². The van der Waals surface area contributed by atoms with Crippen molar-refractivity contribution in [1.29, 1.82) is 0 Å². The normalized spacial score (nSPS) is 20.7. The molecule has 2 heterocycles. The van der Waals surface area contributed by atoms with Gasteiger partial charge in [0.05, 0.1) is 5.41 Å². The first-order chi connectivity index (χ1) is 14.1. The molecule has 5 heteroatoms. The molecule has 4 nitrogen and oxygen atoms in total. The van der Waals surface area contributed by atoms with Gasteiger partial charge in [-0.1, -0.05) is 42.5 Å². The minimum absolute atomic E-state index is 0.207. The van der Waals surface area contributed by atoms with Gasteiger partial charge in [-0.15, -0.1) is 11.3 Å². The Morgan fingerprint density at radius 2 is 1.93 bits per heavy atom. The average Bonchev–Trinajstić information content (AvgIpc) is 3.43. The zero-order valence-electron chi connectivity index (χ0n) is 16.7. The van der Waals surface area contributed by atoms with Crippen LogP contribution in [-0.4, -0.2) is 29.8 Å². The molecule has 0 spiro atoms. The second-order valence-electron chi connectivity index (χ2n) is 8.31. The average molecular weight is 409 g/mol. The number of hydrogen-bond acceptors (Lipinski definition) is 3. The molecule has 29 heavy (non-hydrogen) atoms. The van der Waals surface area contributed by atoms with Crippen molar-refractivity contribution in [3.05, 3.63) is 59.5 Å². The van der Waals surface area contributed by atoms with E-state index in [-0.39, 0.29) is 11.8 Å². The molecule has 2 aliphatic rings. The number of nitrogens with zero attached hydrogens (tertiary/aromatic N) is 1. The van der Waals surface area contributed by atoms with E-state index in [0.717, 1.165) is 18.4 Å². The summed E-state index contributed by atoms with van der Waals surface area (Å²) in [5.41, 5.74) is 7.67. The third-order valence-corrected chi connectivity index (χ3v) is 7.38. The van der Waals surface area contributed by atoms with Gasteiger partial charge >= 0.3 is 0 Å². The second kappa shape index (κ2) is 8.54. The summed E-state index contributed by atoms with van der Waals surface area (Å²) in [7, 11) is 0. The van der Waals surface area contributed by atoms with Gasteiger partial charge in [-0.2, -0.15) is 0 Å².